The summed E-state index contributed by atoms with van der Waals surface area (Å²) in [7, 11) is 0. The van der Waals surface area contributed by atoms with Crippen molar-refractivity contribution in [1.82, 2.24) is 30.4 Å². The van der Waals surface area contributed by atoms with E-state index in [9.17, 15) is 24.0 Å². The number of alkyl carbamates (subject to hydrolysis) is 1. The molecule has 5 rings (SSSR count). The van der Waals surface area contributed by atoms with E-state index in [2.05, 4.69) is 25.9 Å². The minimum absolute atomic E-state index is 0.0146. The maximum absolute atomic E-state index is 13.5. The summed E-state index contributed by atoms with van der Waals surface area (Å²) in [6.45, 7) is 5.60. The molecule has 0 radical (unpaired) electrons. The van der Waals surface area contributed by atoms with Crippen LogP contribution in [0.4, 0.5) is 10.5 Å². The third-order valence-corrected chi connectivity index (χ3v) is 7.31. The van der Waals surface area contributed by atoms with Crippen molar-refractivity contribution in [3.05, 3.63) is 102 Å². The standard InChI is InChI=1S/C35H37N7O6/c1-35(2,3)48-34(47)39-19-29(43)38-17-18-42-32(45)26-12-8-11-25-28(14-13-27(31(25)26)33(42)46)40-30(44)22-41(20-23-9-4-6-15-36-23)21-24-10-5-7-16-37-24/h4-16H,17-22H2,1-3H3,(H,38,43)(H,39,47)(H,40,44). The second kappa shape index (κ2) is 14.8. The van der Waals surface area contributed by atoms with E-state index in [1.54, 1.807) is 63.5 Å². The number of hydrogen-bond acceptors (Lipinski definition) is 9. The Morgan fingerprint density at radius 3 is 2.04 bits per heavy atom. The number of aromatic nitrogens is 2. The number of carbonyl (C=O) groups is 5. The minimum Gasteiger partial charge on any atom is -0.444 e. The molecule has 5 amide bonds. The van der Waals surface area contributed by atoms with Crippen LogP contribution in [0.15, 0.2) is 79.1 Å². The van der Waals surface area contributed by atoms with Gasteiger partial charge in [-0.05, 0) is 63.2 Å². The predicted molar refractivity (Wildman–Crippen MR) is 178 cm³/mol. The molecule has 0 saturated heterocycles. The van der Waals surface area contributed by atoms with E-state index in [-0.39, 0.29) is 32.1 Å². The highest BCUT2D eigenvalue weighted by atomic mass is 16.6. The highest BCUT2D eigenvalue weighted by molar-refractivity contribution is 6.27. The van der Waals surface area contributed by atoms with Crippen LogP contribution in [-0.4, -0.2) is 81.3 Å². The molecule has 0 fully saturated rings. The van der Waals surface area contributed by atoms with E-state index in [0.717, 1.165) is 16.3 Å². The quantitative estimate of drug-likeness (QED) is 0.195. The fraction of sp³-hybridized carbons (Fsp3) is 0.286. The van der Waals surface area contributed by atoms with Crippen molar-refractivity contribution in [2.45, 2.75) is 39.5 Å². The van der Waals surface area contributed by atoms with Crippen molar-refractivity contribution in [3.8, 4) is 0 Å². The van der Waals surface area contributed by atoms with E-state index in [0.29, 0.717) is 40.7 Å². The van der Waals surface area contributed by atoms with Crippen molar-refractivity contribution in [1.29, 1.82) is 0 Å². The molecule has 0 unspecified atom stereocenters. The summed E-state index contributed by atoms with van der Waals surface area (Å²) in [5.41, 5.74) is 1.99. The zero-order chi connectivity index (χ0) is 34.3. The maximum atomic E-state index is 13.5. The van der Waals surface area contributed by atoms with E-state index in [1.165, 1.54) is 0 Å². The molecule has 4 aromatic rings. The molecular formula is C35H37N7O6. The van der Waals surface area contributed by atoms with Gasteiger partial charge in [0.15, 0.2) is 0 Å². The third-order valence-electron chi connectivity index (χ3n) is 7.31. The van der Waals surface area contributed by atoms with Gasteiger partial charge in [0.2, 0.25) is 11.8 Å². The second-order valence-corrected chi connectivity index (χ2v) is 12.2. The fourth-order valence-corrected chi connectivity index (χ4v) is 5.30. The Balaban J connectivity index is 1.25. The van der Waals surface area contributed by atoms with Crippen LogP contribution >= 0.6 is 0 Å². The van der Waals surface area contributed by atoms with Crippen LogP contribution in [0.3, 0.4) is 0 Å². The highest BCUT2D eigenvalue weighted by Crippen LogP contribution is 2.34. The van der Waals surface area contributed by atoms with Gasteiger partial charge in [-0.3, -0.25) is 38.9 Å². The van der Waals surface area contributed by atoms with Crippen molar-refractivity contribution >= 4 is 46.2 Å². The van der Waals surface area contributed by atoms with Gasteiger partial charge in [-0.25, -0.2) is 4.79 Å². The normalized spacial score (nSPS) is 12.6. The number of hydrogen-bond donors (Lipinski definition) is 3. The lowest BCUT2D eigenvalue weighted by molar-refractivity contribution is -0.120. The molecule has 0 bridgehead atoms. The van der Waals surface area contributed by atoms with E-state index >= 15 is 0 Å². The Labute approximate surface area is 277 Å². The van der Waals surface area contributed by atoms with Crippen molar-refractivity contribution in [2.24, 2.45) is 0 Å². The number of pyridine rings is 2. The summed E-state index contributed by atoms with van der Waals surface area (Å²) >= 11 is 0. The SMILES string of the molecule is CC(C)(C)OC(=O)NCC(=O)NCCN1C(=O)c2cccc3c(NC(=O)CN(Cc4ccccn4)Cc4ccccn4)ccc(c23)C1=O. The Bertz CT molecular complexity index is 1760. The zero-order valence-electron chi connectivity index (χ0n) is 27.0. The molecule has 248 valence electrons. The molecule has 13 heteroatoms. The molecule has 1 aliphatic rings. The summed E-state index contributed by atoms with van der Waals surface area (Å²) < 4.78 is 5.11. The molecule has 0 atom stereocenters. The molecule has 3 N–H and O–H groups in total. The second-order valence-electron chi connectivity index (χ2n) is 12.2. The number of nitrogens with zero attached hydrogens (tertiary/aromatic N) is 4. The Morgan fingerprint density at radius 2 is 1.44 bits per heavy atom. The first-order valence-corrected chi connectivity index (χ1v) is 15.5. The summed E-state index contributed by atoms with van der Waals surface area (Å²) in [5, 5.41) is 8.94. The Morgan fingerprint density at radius 1 is 0.792 bits per heavy atom. The molecule has 0 aliphatic carbocycles. The summed E-state index contributed by atoms with van der Waals surface area (Å²) in [6.07, 6.45) is 2.68. The minimum atomic E-state index is -0.731. The first kappa shape index (κ1) is 33.7. The number of amides is 5. The molecule has 2 aromatic carbocycles. The van der Waals surface area contributed by atoms with Crippen molar-refractivity contribution in [3.63, 3.8) is 0 Å². The lowest BCUT2D eigenvalue weighted by Gasteiger charge is -2.28. The van der Waals surface area contributed by atoms with Gasteiger partial charge < -0.3 is 20.7 Å². The molecular weight excluding hydrogens is 614 g/mol. The lowest BCUT2D eigenvalue weighted by Crippen LogP contribution is -2.46. The molecule has 13 nitrogen and oxygen atoms in total. The average Bonchev–Trinajstić information content (AvgIpc) is 3.05. The van der Waals surface area contributed by atoms with Crippen LogP contribution in [0.2, 0.25) is 0 Å². The number of imide groups is 1. The van der Waals surface area contributed by atoms with E-state index in [4.69, 9.17) is 4.74 Å². The summed E-state index contributed by atoms with van der Waals surface area (Å²) in [6, 6.07) is 19.6. The van der Waals surface area contributed by atoms with Crippen LogP contribution in [-0.2, 0) is 27.4 Å². The number of benzene rings is 2. The molecule has 1 aliphatic heterocycles. The van der Waals surface area contributed by atoms with Crippen LogP contribution in [0, 0.1) is 0 Å². The number of nitrogens with one attached hydrogen (secondary N) is 3. The number of carbonyl (C=O) groups excluding carboxylic acids is 5. The summed E-state index contributed by atoms with van der Waals surface area (Å²) in [4.78, 5) is 76.2. The van der Waals surface area contributed by atoms with Crippen LogP contribution in [0.5, 0.6) is 0 Å². The van der Waals surface area contributed by atoms with Crippen molar-refractivity contribution < 1.29 is 28.7 Å². The first-order valence-electron chi connectivity index (χ1n) is 15.5. The Kier molecular flexibility index (Phi) is 10.4. The van der Waals surface area contributed by atoms with Crippen molar-refractivity contribution in [2.75, 3.05) is 31.5 Å². The van der Waals surface area contributed by atoms with E-state index in [1.807, 2.05) is 41.3 Å². The van der Waals surface area contributed by atoms with Crippen LogP contribution < -0.4 is 16.0 Å². The van der Waals surface area contributed by atoms with Gasteiger partial charge in [0.25, 0.3) is 11.8 Å². The van der Waals surface area contributed by atoms with Gasteiger partial charge >= 0.3 is 6.09 Å². The monoisotopic (exact) mass is 651 g/mol. The molecule has 2 aromatic heterocycles. The molecule has 48 heavy (non-hydrogen) atoms. The van der Waals surface area contributed by atoms with Gasteiger partial charge in [0, 0.05) is 66.2 Å². The molecule has 3 heterocycles. The number of ether oxygens (including phenoxy) is 1. The Hall–Kier alpha value is -5.69. The van der Waals surface area contributed by atoms with Crippen LogP contribution in [0.1, 0.15) is 52.9 Å². The topological polar surface area (TPSA) is 163 Å². The summed E-state index contributed by atoms with van der Waals surface area (Å²) in [5.74, 6) is -1.81. The number of rotatable bonds is 12. The molecule has 0 spiro atoms. The average molecular weight is 652 g/mol. The fourth-order valence-electron chi connectivity index (χ4n) is 5.30. The first-order chi connectivity index (χ1) is 23.0. The van der Waals surface area contributed by atoms with Gasteiger partial charge in [-0.15, -0.1) is 0 Å². The van der Waals surface area contributed by atoms with Crippen LogP contribution in [0.25, 0.3) is 10.8 Å². The smallest absolute Gasteiger partial charge is 0.408 e. The zero-order valence-corrected chi connectivity index (χ0v) is 27.0. The van der Waals surface area contributed by atoms with Gasteiger partial charge in [-0.2, -0.15) is 0 Å². The number of anilines is 1. The van der Waals surface area contributed by atoms with Gasteiger partial charge in [0.05, 0.1) is 24.5 Å². The predicted octanol–water partition coefficient (Wildman–Crippen LogP) is 3.51. The third kappa shape index (κ3) is 8.56. The maximum Gasteiger partial charge on any atom is 0.408 e. The highest BCUT2D eigenvalue weighted by Gasteiger charge is 2.33. The largest absolute Gasteiger partial charge is 0.444 e. The lowest BCUT2D eigenvalue weighted by atomic mass is 9.93. The van der Waals surface area contributed by atoms with Gasteiger partial charge in [0.1, 0.15) is 5.60 Å². The van der Waals surface area contributed by atoms with Gasteiger partial charge in [-0.1, -0.05) is 24.3 Å². The van der Waals surface area contributed by atoms with E-state index < -0.39 is 29.4 Å². The molecule has 0 saturated carbocycles.